The minimum Gasteiger partial charge on any atom is -0.369 e. The van der Waals surface area contributed by atoms with Crippen LogP contribution in [0.5, 0.6) is 0 Å². The summed E-state index contributed by atoms with van der Waals surface area (Å²) >= 11 is 5.12. The molecule has 4 nitrogen and oxygen atoms in total. The number of nitrogens with zero attached hydrogens (tertiary/aromatic N) is 3. The monoisotopic (exact) mass is 322 g/mol. The number of anilines is 1. The predicted molar refractivity (Wildman–Crippen MR) is 77.8 cm³/mol. The van der Waals surface area contributed by atoms with E-state index in [4.69, 9.17) is 5.73 Å². The Balaban J connectivity index is 2.08. The molecular weight excluding hydrogens is 312 g/mol. The Bertz CT molecular complexity index is 716. The lowest BCUT2D eigenvalue weighted by molar-refractivity contribution is 0.829. The van der Waals surface area contributed by atoms with Gasteiger partial charge in [0.15, 0.2) is 0 Å². The third-order valence-electron chi connectivity index (χ3n) is 2.70. The van der Waals surface area contributed by atoms with Gasteiger partial charge in [-0.1, -0.05) is 15.9 Å². The zero-order valence-electron chi connectivity index (χ0n) is 9.72. The number of aromatic nitrogens is 3. The number of benzene rings is 1. The van der Waals surface area contributed by atoms with Crippen LogP contribution in [0.15, 0.2) is 28.9 Å². The van der Waals surface area contributed by atoms with Gasteiger partial charge in [-0.25, -0.2) is 9.97 Å². The molecule has 0 saturated heterocycles. The van der Waals surface area contributed by atoms with Crippen molar-refractivity contribution in [2.24, 2.45) is 0 Å². The summed E-state index contributed by atoms with van der Waals surface area (Å²) in [5, 5.41) is 1.04. The number of nitrogens with two attached hydrogens (primary N) is 1. The van der Waals surface area contributed by atoms with E-state index in [2.05, 4.69) is 25.9 Å². The molecule has 0 spiro atoms. The first-order valence-corrected chi connectivity index (χ1v) is 7.07. The van der Waals surface area contributed by atoms with E-state index in [9.17, 15) is 0 Å². The van der Waals surface area contributed by atoms with Crippen molar-refractivity contribution in [1.29, 1.82) is 0 Å². The molecule has 0 radical (unpaired) electrons. The molecule has 2 N–H and O–H groups in total. The lowest BCUT2D eigenvalue weighted by Gasteiger charge is -2.03. The van der Waals surface area contributed by atoms with Crippen LogP contribution in [-0.4, -0.2) is 14.5 Å². The quantitative estimate of drug-likeness (QED) is 0.788. The van der Waals surface area contributed by atoms with E-state index < -0.39 is 0 Å². The summed E-state index contributed by atoms with van der Waals surface area (Å²) in [4.78, 5) is 9.93. The molecule has 0 aliphatic rings. The second-order valence-electron chi connectivity index (χ2n) is 4.05. The zero-order chi connectivity index (χ0) is 12.7. The van der Waals surface area contributed by atoms with Crippen molar-refractivity contribution in [2.75, 3.05) is 5.73 Å². The van der Waals surface area contributed by atoms with E-state index in [1.807, 2.05) is 35.9 Å². The number of imidazole rings is 1. The van der Waals surface area contributed by atoms with E-state index in [-0.39, 0.29) is 0 Å². The molecule has 0 fully saturated rings. The van der Waals surface area contributed by atoms with Gasteiger partial charge >= 0.3 is 0 Å². The van der Waals surface area contributed by atoms with Crippen molar-refractivity contribution < 1.29 is 0 Å². The molecule has 0 aliphatic heterocycles. The van der Waals surface area contributed by atoms with Gasteiger partial charge in [-0.05, 0) is 25.1 Å². The second kappa shape index (κ2) is 4.37. The molecule has 6 heteroatoms. The highest BCUT2D eigenvalue weighted by Gasteiger charge is 2.10. The molecule has 0 unspecified atom stereocenters. The summed E-state index contributed by atoms with van der Waals surface area (Å²) in [6.07, 6.45) is 1.88. The number of hydrogen-bond donors (Lipinski definition) is 1. The van der Waals surface area contributed by atoms with E-state index >= 15 is 0 Å². The first-order chi connectivity index (χ1) is 8.63. The summed E-state index contributed by atoms with van der Waals surface area (Å²) in [5.41, 5.74) is 7.90. The van der Waals surface area contributed by atoms with Gasteiger partial charge in [0.25, 0.3) is 0 Å². The maximum atomic E-state index is 5.97. The average molecular weight is 323 g/mol. The molecule has 0 aliphatic carbocycles. The van der Waals surface area contributed by atoms with Gasteiger partial charge in [-0.2, -0.15) is 0 Å². The summed E-state index contributed by atoms with van der Waals surface area (Å²) in [6.45, 7) is 2.72. The highest BCUT2D eigenvalue weighted by Crippen LogP contribution is 2.24. The molecule has 1 aromatic carbocycles. The average Bonchev–Trinajstić information content (AvgIpc) is 2.84. The molecule has 92 valence electrons. The SMILES string of the molecule is Cc1cnc(Cn2c(N)nc3cc(Br)ccc32)s1. The molecule has 0 saturated carbocycles. The van der Waals surface area contributed by atoms with Crippen molar-refractivity contribution in [3.05, 3.63) is 38.8 Å². The van der Waals surface area contributed by atoms with Crippen molar-refractivity contribution in [3.63, 3.8) is 0 Å². The van der Waals surface area contributed by atoms with Crippen molar-refractivity contribution in [2.45, 2.75) is 13.5 Å². The number of hydrogen-bond acceptors (Lipinski definition) is 4. The summed E-state index contributed by atoms with van der Waals surface area (Å²) < 4.78 is 2.99. The predicted octanol–water partition coefficient (Wildman–Crippen LogP) is 3.19. The van der Waals surface area contributed by atoms with Crippen LogP contribution in [-0.2, 0) is 6.54 Å². The normalized spacial score (nSPS) is 11.2. The van der Waals surface area contributed by atoms with Gasteiger partial charge in [0.2, 0.25) is 5.95 Å². The molecule has 0 amide bonds. The molecular formula is C12H11BrN4S. The molecule has 2 heterocycles. The lowest BCUT2D eigenvalue weighted by atomic mass is 10.3. The van der Waals surface area contributed by atoms with E-state index in [0.29, 0.717) is 12.5 Å². The first kappa shape index (κ1) is 11.7. The fourth-order valence-electron chi connectivity index (χ4n) is 1.90. The van der Waals surface area contributed by atoms with Crippen LogP contribution >= 0.6 is 27.3 Å². The lowest BCUT2D eigenvalue weighted by Crippen LogP contribution is -2.04. The molecule has 2 aromatic heterocycles. The topological polar surface area (TPSA) is 56.7 Å². The van der Waals surface area contributed by atoms with Gasteiger partial charge in [-0.3, -0.25) is 0 Å². The maximum Gasteiger partial charge on any atom is 0.201 e. The summed E-state index contributed by atoms with van der Waals surface area (Å²) in [6, 6.07) is 5.98. The highest BCUT2D eigenvalue weighted by molar-refractivity contribution is 9.10. The van der Waals surface area contributed by atoms with Gasteiger partial charge in [0.1, 0.15) is 5.01 Å². The van der Waals surface area contributed by atoms with Crippen LogP contribution in [0.25, 0.3) is 11.0 Å². The fraction of sp³-hybridized carbons (Fsp3) is 0.167. The molecule has 3 rings (SSSR count). The number of nitrogen functional groups attached to an aromatic ring is 1. The van der Waals surface area contributed by atoms with Crippen molar-refractivity contribution in [1.82, 2.24) is 14.5 Å². The Hall–Kier alpha value is -1.40. The number of rotatable bonds is 2. The van der Waals surface area contributed by atoms with E-state index in [1.165, 1.54) is 4.88 Å². The van der Waals surface area contributed by atoms with Crippen LogP contribution in [0, 0.1) is 6.92 Å². The van der Waals surface area contributed by atoms with Crippen LogP contribution in [0.3, 0.4) is 0 Å². The van der Waals surface area contributed by atoms with Gasteiger partial charge in [0.05, 0.1) is 17.6 Å². The summed E-state index contributed by atoms with van der Waals surface area (Å²) in [5.74, 6) is 0.524. The van der Waals surface area contributed by atoms with Crippen LogP contribution in [0.2, 0.25) is 0 Å². The minimum atomic E-state index is 0.524. The van der Waals surface area contributed by atoms with Gasteiger partial charge in [-0.15, -0.1) is 11.3 Å². The van der Waals surface area contributed by atoms with Crippen LogP contribution in [0.1, 0.15) is 9.88 Å². The molecule has 3 aromatic rings. The standard InChI is InChI=1S/C12H11BrN4S/c1-7-5-15-11(18-7)6-17-10-3-2-8(13)4-9(10)16-12(17)14/h2-5H,6H2,1H3,(H2,14,16). The van der Waals surface area contributed by atoms with E-state index in [0.717, 1.165) is 20.5 Å². The molecule has 0 atom stereocenters. The smallest absolute Gasteiger partial charge is 0.201 e. The Morgan fingerprint density at radius 1 is 1.44 bits per heavy atom. The summed E-state index contributed by atoms with van der Waals surface area (Å²) in [7, 11) is 0. The fourth-order valence-corrected chi connectivity index (χ4v) is 3.02. The third-order valence-corrected chi connectivity index (χ3v) is 4.09. The van der Waals surface area contributed by atoms with Crippen molar-refractivity contribution in [3.8, 4) is 0 Å². The Labute approximate surface area is 117 Å². The number of fused-ring (bicyclic) bond motifs is 1. The Morgan fingerprint density at radius 3 is 3.00 bits per heavy atom. The van der Waals surface area contributed by atoms with Crippen molar-refractivity contribution >= 4 is 44.2 Å². The highest BCUT2D eigenvalue weighted by atomic mass is 79.9. The minimum absolute atomic E-state index is 0.524. The van der Waals surface area contributed by atoms with Crippen LogP contribution < -0.4 is 5.73 Å². The van der Waals surface area contributed by atoms with Gasteiger partial charge < -0.3 is 10.3 Å². The number of halogens is 1. The third kappa shape index (κ3) is 2.02. The number of aryl methyl sites for hydroxylation is 1. The number of thiazole rings is 1. The molecule has 0 bridgehead atoms. The Morgan fingerprint density at radius 2 is 2.28 bits per heavy atom. The largest absolute Gasteiger partial charge is 0.369 e. The van der Waals surface area contributed by atoms with Gasteiger partial charge in [0, 0.05) is 15.5 Å². The first-order valence-electron chi connectivity index (χ1n) is 5.46. The van der Waals surface area contributed by atoms with E-state index in [1.54, 1.807) is 11.3 Å². The zero-order valence-corrected chi connectivity index (χ0v) is 12.1. The second-order valence-corrected chi connectivity index (χ2v) is 6.29. The maximum absolute atomic E-state index is 5.97. The van der Waals surface area contributed by atoms with Crippen LogP contribution in [0.4, 0.5) is 5.95 Å². The molecule has 18 heavy (non-hydrogen) atoms. The Kier molecular flexibility index (Phi) is 2.83.